The topological polar surface area (TPSA) is 60.9 Å². The Hall–Kier alpha value is -2.17. The van der Waals surface area contributed by atoms with Crippen molar-refractivity contribution < 1.29 is 9.18 Å². The average molecular weight is 247 g/mol. The molecule has 2 N–H and O–H groups in total. The lowest BCUT2D eigenvalue weighted by atomic mass is 10.1. The standard InChI is InChI=1S/C13H14FN3O/c1-2-5-17-8-10(7-16-17)13(18)9-3-4-12(15)11(14)6-9/h3-4,6-8H,2,5,15H2,1H3. The molecule has 0 unspecified atom stereocenters. The monoisotopic (exact) mass is 247 g/mol. The third-order valence-electron chi connectivity index (χ3n) is 2.61. The number of ketones is 1. The van der Waals surface area contributed by atoms with Crippen LogP contribution in [0.3, 0.4) is 0 Å². The number of hydrogen-bond acceptors (Lipinski definition) is 3. The second-order valence-electron chi connectivity index (χ2n) is 4.06. The lowest BCUT2D eigenvalue weighted by Gasteiger charge is -2.00. The van der Waals surface area contributed by atoms with E-state index < -0.39 is 5.82 Å². The predicted molar refractivity (Wildman–Crippen MR) is 66.8 cm³/mol. The molecule has 94 valence electrons. The molecule has 0 amide bonds. The summed E-state index contributed by atoms with van der Waals surface area (Å²) >= 11 is 0. The maximum atomic E-state index is 13.3. The number of carbonyl (C=O) groups excluding carboxylic acids is 1. The van der Waals surface area contributed by atoms with E-state index in [0.29, 0.717) is 5.56 Å². The van der Waals surface area contributed by atoms with Crippen molar-refractivity contribution in [3.63, 3.8) is 0 Å². The van der Waals surface area contributed by atoms with Gasteiger partial charge in [0.2, 0.25) is 0 Å². The van der Waals surface area contributed by atoms with Crippen molar-refractivity contribution in [2.75, 3.05) is 5.73 Å². The van der Waals surface area contributed by atoms with E-state index in [1.54, 1.807) is 10.9 Å². The van der Waals surface area contributed by atoms with E-state index in [4.69, 9.17) is 5.73 Å². The normalized spacial score (nSPS) is 10.6. The molecule has 0 saturated heterocycles. The molecule has 1 aromatic carbocycles. The molecule has 0 bridgehead atoms. The highest BCUT2D eigenvalue weighted by Gasteiger charge is 2.13. The fraction of sp³-hybridized carbons (Fsp3) is 0.231. The summed E-state index contributed by atoms with van der Waals surface area (Å²) in [7, 11) is 0. The Bertz CT molecular complexity index is 577. The maximum absolute atomic E-state index is 13.3. The summed E-state index contributed by atoms with van der Waals surface area (Å²) in [6.07, 6.45) is 4.10. The van der Waals surface area contributed by atoms with Gasteiger partial charge in [-0.05, 0) is 24.6 Å². The van der Waals surface area contributed by atoms with Crippen molar-refractivity contribution in [2.45, 2.75) is 19.9 Å². The SMILES string of the molecule is CCCn1cc(C(=O)c2ccc(N)c(F)c2)cn1. The van der Waals surface area contributed by atoms with Crippen LogP contribution in [0.1, 0.15) is 29.3 Å². The van der Waals surface area contributed by atoms with Crippen LogP contribution in [-0.4, -0.2) is 15.6 Å². The Balaban J connectivity index is 2.26. The number of aryl methyl sites for hydroxylation is 1. The molecule has 5 heteroatoms. The van der Waals surface area contributed by atoms with E-state index >= 15 is 0 Å². The zero-order chi connectivity index (χ0) is 13.1. The predicted octanol–water partition coefficient (Wildman–Crippen LogP) is 2.25. The van der Waals surface area contributed by atoms with Crippen LogP contribution in [0.5, 0.6) is 0 Å². The molecule has 0 saturated carbocycles. The second-order valence-corrected chi connectivity index (χ2v) is 4.06. The van der Waals surface area contributed by atoms with Crippen molar-refractivity contribution >= 4 is 11.5 Å². The van der Waals surface area contributed by atoms with Crippen LogP contribution >= 0.6 is 0 Å². The minimum atomic E-state index is -0.582. The second kappa shape index (κ2) is 5.00. The van der Waals surface area contributed by atoms with Gasteiger partial charge in [0.1, 0.15) is 5.82 Å². The first-order valence-electron chi connectivity index (χ1n) is 5.74. The van der Waals surface area contributed by atoms with Crippen molar-refractivity contribution in [1.82, 2.24) is 9.78 Å². The number of hydrogen-bond donors (Lipinski definition) is 1. The zero-order valence-corrected chi connectivity index (χ0v) is 10.1. The molecule has 0 spiro atoms. The largest absolute Gasteiger partial charge is 0.396 e. The van der Waals surface area contributed by atoms with Gasteiger partial charge in [0.25, 0.3) is 0 Å². The number of nitrogens with two attached hydrogens (primary N) is 1. The minimum Gasteiger partial charge on any atom is -0.396 e. The van der Waals surface area contributed by atoms with Gasteiger partial charge in [-0.25, -0.2) is 4.39 Å². The van der Waals surface area contributed by atoms with Crippen molar-refractivity contribution in [1.29, 1.82) is 0 Å². The van der Waals surface area contributed by atoms with Gasteiger partial charge in [-0.15, -0.1) is 0 Å². The molecule has 4 nitrogen and oxygen atoms in total. The summed E-state index contributed by atoms with van der Waals surface area (Å²) in [5.41, 5.74) is 6.13. The van der Waals surface area contributed by atoms with Crippen LogP contribution in [0, 0.1) is 5.82 Å². The van der Waals surface area contributed by atoms with Gasteiger partial charge < -0.3 is 5.73 Å². The zero-order valence-electron chi connectivity index (χ0n) is 10.1. The molecule has 0 atom stereocenters. The molecular weight excluding hydrogens is 233 g/mol. The molecule has 1 aromatic heterocycles. The van der Waals surface area contributed by atoms with Gasteiger partial charge in [-0.2, -0.15) is 5.10 Å². The van der Waals surface area contributed by atoms with Crippen LogP contribution in [0.2, 0.25) is 0 Å². The first kappa shape index (κ1) is 12.3. The number of nitrogen functional groups attached to an aromatic ring is 1. The van der Waals surface area contributed by atoms with Gasteiger partial charge in [-0.3, -0.25) is 9.48 Å². The summed E-state index contributed by atoms with van der Waals surface area (Å²) in [6, 6.07) is 4.05. The summed E-state index contributed by atoms with van der Waals surface area (Å²) in [5.74, 6) is -0.835. The maximum Gasteiger partial charge on any atom is 0.196 e. The van der Waals surface area contributed by atoms with Crippen LogP contribution in [0.4, 0.5) is 10.1 Å². The Morgan fingerprint density at radius 1 is 1.44 bits per heavy atom. The Morgan fingerprint density at radius 3 is 2.89 bits per heavy atom. The van der Waals surface area contributed by atoms with E-state index in [1.807, 2.05) is 6.92 Å². The molecule has 2 rings (SSSR count). The molecule has 2 aromatic rings. The molecule has 18 heavy (non-hydrogen) atoms. The third kappa shape index (κ3) is 2.40. The van der Waals surface area contributed by atoms with E-state index in [1.165, 1.54) is 18.3 Å². The lowest BCUT2D eigenvalue weighted by molar-refractivity contribution is 0.103. The molecule has 1 heterocycles. The van der Waals surface area contributed by atoms with Crippen LogP contribution in [0.25, 0.3) is 0 Å². The quantitative estimate of drug-likeness (QED) is 0.665. The molecule has 0 aliphatic heterocycles. The average Bonchev–Trinajstić information content (AvgIpc) is 2.81. The molecule has 0 radical (unpaired) electrons. The van der Waals surface area contributed by atoms with Gasteiger partial charge in [0, 0.05) is 18.3 Å². The number of rotatable bonds is 4. The number of nitrogens with zero attached hydrogens (tertiary/aromatic N) is 2. The van der Waals surface area contributed by atoms with Gasteiger partial charge in [0.15, 0.2) is 5.78 Å². The van der Waals surface area contributed by atoms with Crippen molar-refractivity contribution in [3.05, 3.63) is 47.5 Å². The summed E-state index contributed by atoms with van der Waals surface area (Å²) in [4.78, 5) is 12.1. The third-order valence-corrected chi connectivity index (χ3v) is 2.61. The molecule has 0 fully saturated rings. The Labute approximate surface area is 104 Å². The first-order valence-corrected chi connectivity index (χ1v) is 5.74. The van der Waals surface area contributed by atoms with E-state index in [9.17, 15) is 9.18 Å². The summed E-state index contributed by atoms with van der Waals surface area (Å²) in [5, 5.41) is 4.07. The smallest absolute Gasteiger partial charge is 0.196 e. The van der Waals surface area contributed by atoms with Crippen molar-refractivity contribution in [3.8, 4) is 0 Å². The number of benzene rings is 1. The Morgan fingerprint density at radius 2 is 2.22 bits per heavy atom. The number of halogens is 1. The fourth-order valence-corrected chi connectivity index (χ4v) is 1.67. The van der Waals surface area contributed by atoms with Crippen LogP contribution in [0.15, 0.2) is 30.6 Å². The first-order chi connectivity index (χ1) is 8.61. The number of aromatic nitrogens is 2. The van der Waals surface area contributed by atoms with Gasteiger partial charge in [-0.1, -0.05) is 6.92 Å². The number of carbonyl (C=O) groups is 1. The van der Waals surface area contributed by atoms with Crippen molar-refractivity contribution in [2.24, 2.45) is 0 Å². The highest BCUT2D eigenvalue weighted by Crippen LogP contribution is 2.15. The van der Waals surface area contributed by atoms with E-state index in [2.05, 4.69) is 5.10 Å². The van der Waals surface area contributed by atoms with E-state index in [-0.39, 0.29) is 17.0 Å². The highest BCUT2D eigenvalue weighted by molar-refractivity contribution is 6.08. The van der Waals surface area contributed by atoms with Gasteiger partial charge in [0.05, 0.1) is 17.4 Å². The van der Waals surface area contributed by atoms with E-state index in [0.717, 1.165) is 19.0 Å². The number of anilines is 1. The fourth-order valence-electron chi connectivity index (χ4n) is 1.67. The van der Waals surface area contributed by atoms with Crippen LogP contribution < -0.4 is 5.73 Å². The highest BCUT2D eigenvalue weighted by atomic mass is 19.1. The minimum absolute atomic E-state index is 0.0354. The molecule has 0 aliphatic carbocycles. The molecule has 0 aliphatic rings. The lowest BCUT2D eigenvalue weighted by Crippen LogP contribution is -2.02. The molecular formula is C13H14FN3O. The van der Waals surface area contributed by atoms with Gasteiger partial charge >= 0.3 is 0 Å². The Kier molecular flexibility index (Phi) is 3.41. The summed E-state index contributed by atoms with van der Waals surface area (Å²) in [6.45, 7) is 2.78. The summed E-state index contributed by atoms with van der Waals surface area (Å²) < 4.78 is 15.0. The van der Waals surface area contributed by atoms with Crippen LogP contribution in [-0.2, 0) is 6.54 Å².